The van der Waals surface area contributed by atoms with Crippen molar-refractivity contribution in [1.29, 1.82) is 0 Å². The van der Waals surface area contributed by atoms with Gasteiger partial charge in [-0.1, -0.05) is 69.2 Å². The number of aromatic nitrogens is 2. The Hall–Kier alpha value is -9.06. The Bertz CT molecular complexity index is 4120. The van der Waals surface area contributed by atoms with Crippen LogP contribution in [0.25, 0.3) is 55.0 Å². The van der Waals surface area contributed by atoms with E-state index in [0.29, 0.717) is 50.0 Å². The number of hydrogen-bond acceptors (Lipinski definition) is 14. The normalized spacial score (nSPS) is 12.9. The second kappa shape index (κ2) is 22.9. The first-order valence-corrected chi connectivity index (χ1v) is 27.1. The van der Waals surface area contributed by atoms with E-state index in [4.69, 9.17) is 27.2 Å². The zero-order valence-corrected chi connectivity index (χ0v) is 45.8. The van der Waals surface area contributed by atoms with Crippen molar-refractivity contribution in [2.45, 2.75) is 60.4 Å². The largest absolute Gasteiger partial charge is 0.396 e. The summed E-state index contributed by atoms with van der Waals surface area (Å²) in [5.74, 6) is -2.71. The summed E-state index contributed by atoms with van der Waals surface area (Å²) in [6.45, 7) is 12.4. The Morgan fingerprint density at radius 3 is 1.22 bits per heavy atom. The van der Waals surface area contributed by atoms with E-state index in [0.717, 1.165) is 66.1 Å². The third-order valence-corrected chi connectivity index (χ3v) is 14.8. The molecular formula is C62H51BN6O8S2. The van der Waals surface area contributed by atoms with Crippen LogP contribution in [-0.4, -0.2) is 76.0 Å². The first kappa shape index (κ1) is 53.3. The predicted molar refractivity (Wildman–Crippen MR) is 315 cm³/mol. The van der Waals surface area contributed by atoms with E-state index in [1.165, 1.54) is 36.5 Å². The fourth-order valence-electron chi connectivity index (χ4n) is 9.38. The molecule has 0 spiro atoms. The first-order chi connectivity index (χ1) is 38.2. The molecule has 0 aliphatic carbocycles. The Kier molecular flexibility index (Phi) is 15.5. The number of thiophene rings is 2. The van der Waals surface area contributed by atoms with Crippen molar-refractivity contribution in [2.24, 2.45) is 20.6 Å². The summed E-state index contributed by atoms with van der Waals surface area (Å²) in [4.78, 5) is 74.9. The van der Waals surface area contributed by atoms with Crippen molar-refractivity contribution < 1.29 is 38.5 Å². The van der Waals surface area contributed by atoms with Crippen LogP contribution >= 0.6 is 22.7 Å². The second-order valence-corrected chi connectivity index (χ2v) is 20.7. The highest BCUT2D eigenvalue weighted by molar-refractivity contribution is 7.12. The first-order valence-electron chi connectivity index (χ1n) is 25.4. The molecule has 0 saturated heterocycles. The molecule has 1 atom stereocenters. The fourth-order valence-corrected chi connectivity index (χ4v) is 10.8. The maximum absolute atomic E-state index is 13.7. The minimum absolute atomic E-state index is 0.0677. The van der Waals surface area contributed by atoms with Crippen LogP contribution in [0.4, 0.5) is 0 Å². The molecule has 0 aliphatic heterocycles. The maximum Gasteiger partial charge on any atom is 0.331 e. The lowest BCUT2D eigenvalue weighted by Crippen LogP contribution is -2.22. The van der Waals surface area contributed by atoms with Crippen LogP contribution in [0, 0.1) is 0 Å². The number of hydrogen-bond donors (Lipinski definition) is 0. The van der Waals surface area contributed by atoms with Crippen LogP contribution in [0.5, 0.6) is 0 Å². The lowest BCUT2D eigenvalue weighted by molar-refractivity contribution is -0.141. The zero-order valence-electron chi connectivity index (χ0n) is 44.2. The molecule has 0 amide bonds. The van der Waals surface area contributed by atoms with Crippen molar-refractivity contribution in [3.63, 3.8) is 0 Å². The SMILES string of the molecule is [B]C(/C(=N/OC(C)=O)c1ccc(-n2c3ccc(C(=O)c4cccs4)cc3c3cc(C(C)=NOCC)ccc32)cc1)/C(=N/OC(C)=O)c1ccc(-n2c3ccc(C(=O)c4cccs4)cc3c3cc(C(C)=NOC(C)C)ccc32)cc1. The average molecular weight is 1080 g/mol. The van der Waals surface area contributed by atoms with Crippen LogP contribution in [-0.2, 0) is 28.9 Å². The summed E-state index contributed by atoms with van der Waals surface area (Å²) in [5.41, 5.74) is 10.4. The molecule has 0 N–H and O–H groups in total. The minimum atomic E-state index is -1.21. The van der Waals surface area contributed by atoms with Gasteiger partial charge in [0, 0.05) is 63.7 Å². The molecular weight excluding hydrogens is 1030 g/mol. The lowest BCUT2D eigenvalue weighted by Gasteiger charge is -2.18. The molecule has 4 heterocycles. The molecule has 0 fully saturated rings. The number of oxime groups is 4. The highest BCUT2D eigenvalue weighted by Gasteiger charge is 2.25. The average Bonchev–Trinajstić information content (AvgIpc) is 4.47. The Morgan fingerprint density at radius 2 is 0.861 bits per heavy atom. The van der Waals surface area contributed by atoms with Crippen molar-refractivity contribution in [3.8, 4) is 11.4 Å². The van der Waals surface area contributed by atoms with Gasteiger partial charge in [-0.3, -0.25) is 9.59 Å². The molecule has 2 radical (unpaired) electrons. The number of fused-ring (bicyclic) bond motifs is 6. The second-order valence-electron chi connectivity index (χ2n) is 18.8. The molecule has 0 aliphatic rings. The Balaban J connectivity index is 1.03. The number of benzene rings is 6. The Morgan fingerprint density at radius 1 is 0.494 bits per heavy atom. The molecule has 0 saturated carbocycles. The van der Waals surface area contributed by atoms with Gasteiger partial charge in [-0.15, -0.1) is 22.7 Å². The van der Waals surface area contributed by atoms with E-state index in [-0.39, 0.29) is 29.1 Å². The summed E-state index contributed by atoms with van der Waals surface area (Å²) in [7, 11) is 7.11. The summed E-state index contributed by atoms with van der Waals surface area (Å²) < 4.78 is 4.20. The zero-order chi connectivity index (χ0) is 55.5. The van der Waals surface area contributed by atoms with Crippen LogP contribution < -0.4 is 0 Å². The maximum atomic E-state index is 13.7. The molecule has 10 rings (SSSR count). The Labute approximate surface area is 464 Å². The standard InChI is InChI=1S/C62H51BN6O8S2/c1-8-74-64-36(4)42-17-25-52-48(31-42)50-33-44(61(72)56-11-9-29-78-56)19-27-54(50)68(52)46-21-13-40(14-22-46)59(66-76-38(6)70)58(63)60(67-77-39(7)71)41-15-23-47(24-16-41)69-53-26-18-43(37(5)65-75-35(2)3)32-49(53)51-34-45(20-28-55(51)69)62(73)57-12-10-30-79-57/h9-35,58H,8H2,1-7H3/b64-36?,65-37?,66-59+,67-60+. The van der Waals surface area contributed by atoms with E-state index in [1.54, 1.807) is 0 Å². The van der Waals surface area contributed by atoms with Crippen molar-refractivity contribution in [2.75, 3.05) is 6.61 Å². The van der Waals surface area contributed by atoms with E-state index in [9.17, 15) is 19.2 Å². The van der Waals surface area contributed by atoms with E-state index < -0.39 is 17.8 Å². The molecule has 14 nitrogen and oxygen atoms in total. The molecule has 1 unspecified atom stereocenters. The number of ketones is 2. The van der Waals surface area contributed by atoms with Gasteiger partial charge >= 0.3 is 11.9 Å². The number of rotatable bonds is 18. The monoisotopic (exact) mass is 1080 g/mol. The van der Waals surface area contributed by atoms with Crippen LogP contribution in [0.15, 0.2) is 177 Å². The van der Waals surface area contributed by atoms with Crippen LogP contribution in [0.2, 0.25) is 5.82 Å². The molecule has 392 valence electrons. The van der Waals surface area contributed by atoms with Gasteiger partial charge in [0.25, 0.3) is 0 Å². The number of nitrogens with zero attached hydrogens (tertiary/aromatic N) is 6. The highest BCUT2D eigenvalue weighted by atomic mass is 32.1. The smallest absolute Gasteiger partial charge is 0.331 e. The molecule has 6 aromatic carbocycles. The van der Waals surface area contributed by atoms with Gasteiger partial charge < -0.3 is 28.5 Å². The van der Waals surface area contributed by atoms with Crippen LogP contribution in [0.1, 0.15) is 101 Å². The third-order valence-electron chi connectivity index (χ3n) is 13.1. The summed E-state index contributed by atoms with van der Waals surface area (Å²) >= 11 is 2.79. The quantitative estimate of drug-likeness (QED) is 0.0269. The highest BCUT2D eigenvalue weighted by Crippen LogP contribution is 2.37. The van der Waals surface area contributed by atoms with Gasteiger partial charge in [0.05, 0.1) is 62.5 Å². The fraction of sp³-hybridized carbons (Fsp3) is 0.161. The van der Waals surface area contributed by atoms with Gasteiger partial charge in [0.2, 0.25) is 11.6 Å². The summed E-state index contributed by atoms with van der Waals surface area (Å²) in [5, 5.41) is 24.5. The van der Waals surface area contributed by atoms with E-state index in [1.807, 2.05) is 185 Å². The molecule has 0 bridgehead atoms. The molecule has 4 aromatic heterocycles. The van der Waals surface area contributed by atoms with Crippen LogP contribution in [0.3, 0.4) is 0 Å². The molecule has 10 aromatic rings. The lowest BCUT2D eigenvalue weighted by atomic mass is 9.74. The van der Waals surface area contributed by atoms with Crippen molar-refractivity contribution in [3.05, 3.63) is 199 Å². The van der Waals surface area contributed by atoms with Crippen molar-refractivity contribution in [1.82, 2.24) is 9.13 Å². The van der Waals surface area contributed by atoms with Gasteiger partial charge in [-0.2, -0.15) is 0 Å². The van der Waals surface area contributed by atoms with Gasteiger partial charge in [-0.25, -0.2) is 9.59 Å². The molecule has 79 heavy (non-hydrogen) atoms. The van der Waals surface area contributed by atoms with Gasteiger partial charge in [0.15, 0.2) is 0 Å². The van der Waals surface area contributed by atoms with Gasteiger partial charge in [0.1, 0.15) is 12.7 Å². The third kappa shape index (κ3) is 11.0. The van der Waals surface area contributed by atoms with E-state index >= 15 is 0 Å². The molecule has 17 heteroatoms. The predicted octanol–water partition coefficient (Wildman–Crippen LogP) is 13.6. The summed E-state index contributed by atoms with van der Waals surface area (Å²) in [6.07, 6.45) is -0.0959. The van der Waals surface area contributed by atoms with E-state index in [2.05, 4.69) is 35.8 Å². The number of carbonyl (C=O) groups is 4. The minimum Gasteiger partial charge on any atom is -0.396 e. The van der Waals surface area contributed by atoms with Gasteiger partial charge in [-0.05, 0) is 165 Å². The number of carbonyl (C=O) groups excluding carboxylic acids is 4. The topological polar surface area (TPSA) is 164 Å². The summed E-state index contributed by atoms with van der Waals surface area (Å²) in [6, 6.07) is 45.7. The van der Waals surface area contributed by atoms with Crippen molar-refractivity contribution >= 4 is 120 Å².